The maximum atomic E-state index is 12.4. The molecule has 0 aromatic heterocycles. The number of nitrogens with one attached hydrogen (secondary N) is 1. The van der Waals surface area contributed by atoms with Gasteiger partial charge in [0.1, 0.15) is 0 Å². The molecule has 2 rings (SSSR count). The molecule has 2 aromatic rings. The van der Waals surface area contributed by atoms with E-state index in [2.05, 4.69) is 4.72 Å². The predicted molar refractivity (Wildman–Crippen MR) is 88.2 cm³/mol. The minimum Gasteiger partial charge on any atom is -0.481 e. The molecule has 0 saturated carbocycles. The molecule has 2 aromatic carbocycles. The normalized spacial score (nSPS) is 12.8. The molecule has 122 valence electrons. The van der Waals surface area contributed by atoms with Gasteiger partial charge in [-0.25, -0.2) is 13.1 Å². The van der Waals surface area contributed by atoms with Crippen LogP contribution < -0.4 is 4.72 Å². The zero-order valence-electron chi connectivity index (χ0n) is 11.7. The molecular weight excluding hydrogens is 361 g/mol. The second-order valence-electron chi connectivity index (χ2n) is 4.78. The number of hydrogen-bond acceptors (Lipinski definition) is 3. The van der Waals surface area contributed by atoms with Crippen molar-refractivity contribution in [3.63, 3.8) is 0 Å². The van der Waals surface area contributed by atoms with Gasteiger partial charge in [-0.3, -0.25) is 4.79 Å². The van der Waals surface area contributed by atoms with Crippen LogP contribution in [0.15, 0.2) is 53.4 Å². The second-order valence-corrected chi connectivity index (χ2v) is 7.36. The highest BCUT2D eigenvalue weighted by molar-refractivity contribution is 7.89. The lowest BCUT2D eigenvalue weighted by Gasteiger charge is -2.17. The van der Waals surface area contributed by atoms with Crippen molar-refractivity contribution in [3.05, 3.63) is 64.1 Å². The molecule has 0 aliphatic carbocycles. The Bertz CT molecular complexity index is 789. The van der Waals surface area contributed by atoms with Crippen LogP contribution >= 0.6 is 23.2 Å². The summed E-state index contributed by atoms with van der Waals surface area (Å²) in [7, 11) is -3.89. The Hall–Kier alpha value is -1.60. The molecule has 0 amide bonds. The van der Waals surface area contributed by atoms with E-state index in [1.165, 1.54) is 24.3 Å². The van der Waals surface area contributed by atoms with Crippen LogP contribution in [0.5, 0.6) is 0 Å². The third kappa shape index (κ3) is 4.94. The Kier molecular flexibility index (Phi) is 5.64. The lowest BCUT2D eigenvalue weighted by molar-refractivity contribution is -0.137. The molecule has 0 heterocycles. The number of sulfonamides is 1. The maximum absolute atomic E-state index is 12.4. The van der Waals surface area contributed by atoms with Crippen molar-refractivity contribution in [2.75, 3.05) is 0 Å². The van der Waals surface area contributed by atoms with E-state index in [-0.39, 0.29) is 4.90 Å². The van der Waals surface area contributed by atoms with Crippen molar-refractivity contribution in [3.8, 4) is 0 Å². The van der Waals surface area contributed by atoms with Crippen molar-refractivity contribution >= 4 is 39.2 Å². The highest BCUT2D eigenvalue weighted by Crippen LogP contribution is 2.23. The molecule has 1 atom stereocenters. The number of hydrogen-bond donors (Lipinski definition) is 2. The summed E-state index contributed by atoms with van der Waals surface area (Å²) in [5, 5.41) is 9.91. The smallest absolute Gasteiger partial charge is 0.305 e. The van der Waals surface area contributed by atoms with E-state index in [4.69, 9.17) is 28.3 Å². The van der Waals surface area contributed by atoms with Crippen LogP contribution in [0.3, 0.4) is 0 Å². The first-order valence-electron chi connectivity index (χ1n) is 6.53. The molecule has 0 spiro atoms. The van der Waals surface area contributed by atoms with E-state index in [1.54, 1.807) is 24.3 Å². The Morgan fingerprint density at radius 3 is 1.96 bits per heavy atom. The van der Waals surface area contributed by atoms with Crippen molar-refractivity contribution in [2.45, 2.75) is 17.4 Å². The quantitative estimate of drug-likeness (QED) is 0.811. The predicted octanol–water partition coefficient (Wildman–Crippen LogP) is 3.49. The number of aliphatic carboxylic acids is 1. The highest BCUT2D eigenvalue weighted by Gasteiger charge is 2.23. The Morgan fingerprint density at radius 2 is 1.48 bits per heavy atom. The lowest BCUT2D eigenvalue weighted by Crippen LogP contribution is -2.30. The highest BCUT2D eigenvalue weighted by atomic mass is 35.5. The van der Waals surface area contributed by atoms with E-state index < -0.39 is 28.5 Å². The summed E-state index contributed by atoms with van der Waals surface area (Å²) in [6, 6.07) is 11.0. The van der Waals surface area contributed by atoms with Crippen LogP contribution in [-0.2, 0) is 14.8 Å². The van der Waals surface area contributed by atoms with E-state index in [1.807, 2.05) is 0 Å². The Morgan fingerprint density at radius 1 is 1.00 bits per heavy atom. The fourth-order valence-corrected chi connectivity index (χ4v) is 3.44. The first-order valence-corrected chi connectivity index (χ1v) is 8.77. The number of rotatable bonds is 6. The Balaban J connectivity index is 2.31. The van der Waals surface area contributed by atoms with Crippen LogP contribution in [0.2, 0.25) is 10.0 Å². The van der Waals surface area contributed by atoms with Gasteiger partial charge in [-0.1, -0.05) is 35.3 Å². The van der Waals surface area contributed by atoms with Gasteiger partial charge in [0.15, 0.2) is 0 Å². The molecule has 8 heteroatoms. The van der Waals surface area contributed by atoms with Gasteiger partial charge >= 0.3 is 5.97 Å². The topological polar surface area (TPSA) is 83.5 Å². The zero-order chi connectivity index (χ0) is 17.0. The minimum absolute atomic E-state index is 0.00579. The van der Waals surface area contributed by atoms with Crippen LogP contribution in [0.25, 0.3) is 0 Å². The van der Waals surface area contributed by atoms with Crippen LogP contribution in [0.4, 0.5) is 0 Å². The fraction of sp³-hybridized carbons (Fsp3) is 0.133. The molecule has 0 saturated heterocycles. The third-order valence-corrected chi connectivity index (χ3v) is 5.06. The molecule has 0 aliphatic rings. The van der Waals surface area contributed by atoms with Gasteiger partial charge in [-0.2, -0.15) is 0 Å². The van der Waals surface area contributed by atoms with Gasteiger partial charge in [0, 0.05) is 10.0 Å². The average molecular weight is 374 g/mol. The van der Waals surface area contributed by atoms with Gasteiger partial charge in [-0.15, -0.1) is 0 Å². The summed E-state index contributed by atoms with van der Waals surface area (Å²) in [4.78, 5) is 11.0. The maximum Gasteiger partial charge on any atom is 0.305 e. The molecule has 0 fully saturated rings. The third-order valence-electron chi connectivity index (χ3n) is 3.07. The first kappa shape index (κ1) is 17.7. The fourth-order valence-electron chi connectivity index (χ4n) is 1.97. The molecule has 0 radical (unpaired) electrons. The number of carboxylic acids is 1. The molecular formula is C15H13Cl2NO4S. The molecule has 0 aliphatic heterocycles. The SMILES string of the molecule is O=C(O)C[C@H](NS(=O)(=O)c1ccc(Cl)cc1)c1ccc(Cl)cc1. The second kappa shape index (κ2) is 7.31. The van der Waals surface area contributed by atoms with Gasteiger partial charge in [0.05, 0.1) is 17.4 Å². The number of carboxylic acid groups (broad SMARTS) is 1. The molecule has 2 N–H and O–H groups in total. The van der Waals surface area contributed by atoms with Gasteiger partial charge in [0.25, 0.3) is 0 Å². The summed E-state index contributed by atoms with van der Waals surface area (Å²) < 4.78 is 27.2. The molecule has 0 unspecified atom stereocenters. The van der Waals surface area contributed by atoms with Crippen molar-refractivity contribution in [1.29, 1.82) is 0 Å². The zero-order valence-corrected chi connectivity index (χ0v) is 14.1. The minimum atomic E-state index is -3.89. The first-order chi connectivity index (χ1) is 10.8. The summed E-state index contributed by atoms with van der Waals surface area (Å²) >= 11 is 11.5. The summed E-state index contributed by atoms with van der Waals surface area (Å²) in [6.07, 6.45) is -0.394. The van der Waals surface area contributed by atoms with Crippen LogP contribution in [0.1, 0.15) is 18.0 Å². The monoisotopic (exact) mass is 373 g/mol. The number of benzene rings is 2. The van der Waals surface area contributed by atoms with E-state index in [0.29, 0.717) is 15.6 Å². The number of halogens is 2. The van der Waals surface area contributed by atoms with Gasteiger partial charge in [0.2, 0.25) is 10.0 Å². The van der Waals surface area contributed by atoms with Gasteiger partial charge < -0.3 is 5.11 Å². The average Bonchev–Trinajstić information content (AvgIpc) is 2.47. The summed E-state index contributed by atoms with van der Waals surface area (Å²) in [6.45, 7) is 0. The molecule has 0 bridgehead atoms. The summed E-state index contributed by atoms with van der Waals surface area (Å²) in [5.41, 5.74) is 0.509. The Labute approximate surface area is 143 Å². The summed E-state index contributed by atoms with van der Waals surface area (Å²) in [5.74, 6) is -1.12. The largest absolute Gasteiger partial charge is 0.481 e. The van der Waals surface area contributed by atoms with Crippen molar-refractivity contribution < 1.29 is 18.3 Å². The molecule has 23 heavy (non-hydrogen) atoms. The van der Waals surface area contributed by atoms with Crippen LogP contribution in [-0.4, -0.2) is 19.5 Å². The van der Waals surface area contributed by atoms with Crippen molar-refractivity contribution in [2.24, 2.45) is 0 Å². The lowest BCUT2D eigenvalue weighted by atomic mass is 10.1. The van der Waals surface area contributed by atoms with E-state index in [0.717, 1.165) is 0 Å². The van der Waals surface area contributed by atoms with E-state index in [9.17, 15) is 13.2 Å². The van der Waals surface area contributed by atoms with Crippen molar-refractivity contribution in [1.82, 2.24) is 4.72 Å². The number of carbonyl (C=O) groups is 1. The molecule has 5 nitrogen and oxygen atoms in total. The standard InChI is InChI=1S/C15H13Cl2NO4S/c16-11-3-1-10(2-4-11)14(9-15(19)20)18-23(21,22)13-7-5-12(17)6-8-13/h1-8,14,18H,9H2,(H,19,20)/t14-/m0/s1. The van der Waals surface area contributed by atoms with E-state index >= 15 is 0 Å². The van der Waals surface area contributed by atoms with Gasteiger partial charge in [-0.05, 0) is 42.0 Å². The van der Waals surface area contributed by atoms with Crippen LogP contribution in [0, 0.1) is 0 Å².